The van der Waals surface area contributed by atoms with Gasteiger partial charge in [0, 0.05) is 31.9 Å². The number of benzene rings is 2. The number of hydrogen-bond donors (Lipinski definition) is 1. The van der Waals surface area contributed by atoms with E-state index in [-0.39, 0.29) is 23.9 Å². The number of nitrogens with zero attached hydrogens (tertiary/aromatic N) is 2. The molecule has 0 aliphatic carbocycles. The standard InChI is InChI=1S/C23H30FN3O3S/c1-4-17(2)19-9-5-7-11-21(19)25-23(28)18(3)26-13-15-27(16-14-26)31(29,30)22-12-8-6-10-20(22)24/h5-12,17-18H,4,13-16H2,1-3H3,(H,25,28)/t17-,18-/m1/s1. The van der Waals surface area contributed by atoms with Crippen molar-refractivity contribution < 1.29 is 17.6 Å². The lowest BCUT2D eigenvalue weighted by Gasteiger charge is -2.36. The highest BCUT2D eigenvalue weighted by atomic mass is 32.2. The van der Waals surface area contributed by atoms with E-state index in [9.17, 15) is 17.6 Å². The minimum absolute atomic E-state index is 0.124. The van der Waals surface area contributed by atoms with Gasteiger partial charge in [0.25, 0.3) is 0 Å². The zero-order valence-corrected chi connectivity index (χ0v) is 19.0. The number of carbonyl (C=O) groups is 1. The molecule has 0 saturated carbocycles. The van der Waals surface area contributed by atoms with Gasteiger partial charge in [-0.2, -0.15) is 4.31 Å². The van der Waals surface area contributed by atoms with Crippen molar-refractivity contribution in [3.63, 3.8) is 0 Å². The van der Waals surface area contributed by atoms with E-state index >= 15 is 0 Å². The number of halogens is 1. The molecule has 0 spiro atoms. The Hall–Kier alpha value is -2.29. The van der Waals surface area contributed by atoms with Crippen molar-refractivity contribution in [2.75, 3.05) is 31.5 Å². The lowest BCUT2D eigenvalue weighted by molar-refractivity contribution is -0.121. The molecule has 2 aromatic rings. The normalized spacial score (nSPS) is 17.8. The lowest BCUT2D eigenvalue weighted by atomic mass is 9.97. The molecule has 168 valence electrons. The summed E-state index contributed by atoms with van der Waals surface area (Å²) >= 11 is 0. The Kier molecular flexibility index (Phi) is 7.46. The average molecular weight is 448 g/mol. The molecule has 3 rings (SSSR count). The first kappa shape index (κ1) is 23.4. The Bertz CT molecular complexity index is 1020. The second-order valence-electron chi connectivity index (χ2n) is 7.93. The van der Waals surface area contributed by atoms with Crippen LogP contribution in [0, 0.1) is 5.82 Å². The van der Waals surface area contributed by atoms with Crippen LogP contribution < -0.4 is 5.32 Å². The van der Waals surface area contributed by atoms with Crippen LogP contribution in [0.15, 0.2) is 53.4 Å². The van der Waals surface area contributed by atoms with Gasteiger partial charge in [-0.1, -0.05) is 44.2 Å². The Balaban J connectivity index is 1.64. The van der Waals surface area contributed by atoms with Gasteiger partial charge in [-0.05, 0) is 43.0 Å². The van der Waals surface area contributed by atoms with Crippen LogP contribution in [0.4, 0.5) is 10.1 Å². The number of nitrogens with one attached hydrogen (secondary N) is 1. The Morgan fingerprint density at radius 3 is 2.29 bits per heavy atom. The SMILES string of the molecule is CC[C@@H](C)c1ccccc1NC(=O)[C@@H](C)N1CCN(S(=O)(=O)c2ccccc2F)CC1. The molecule has 1 saturated heterocycles. The largest absolute Gasteiger partial charge is 0.324 e. The summed E-state index contributed by atoms with van der Waals surface area (Å²) in [4.78, 5) is 14.5. The maximum Gasteiger partial charge on any atom is 0.246 e. The Morgan fingerprint density at radius 1 is 1.03 bits per heavy atom. The van der Waals surface area contributed by atoms with Gasteiger partial charge >= 0.3 is 0 Å². The molecule has 1 aliphatic heterocycles. The van der Waals surface area contributed by atoms with E-state index < -0.39 is 21.9 Å². The van der Waals surface area contributed by atoms with Gasteiger partial charge in [0.2, 0.25) is 15.9 Å². The van der Waals surface area contributed by atoms with E-state index in [0.29, 0.717) is 19.0 Å². The molecule has 1 N–H and O–H groups in total. The molecular weight excluding hydrogens is 417 g/mol. The van der Waals surface area contributed by atoms with Crippen molar-refractivity contribution in [2.45, 2.75) is 44.0 Å². The minimum Gasteiger partial charge on any atom is -0.324 e. The van der Waals surface area contributed by atoms with Crippen molar-refractivity contribution in [3.05, 3.63) is 59.9 Å². The van der Waals surface area contributed by atoms with Crippen molar-refractivity contribution in [3.8, 4) is 0 Å². The minimum atomic E-state index is -3.90. The number of para-hydroxylation sites is 1. The first-order chi connectivity index (χ1) is 14.8. The predicted molar refractivity (Wildman–Crippen MR) is 120 cm³/mol. The first-order valence-corrected chi connectivity index (χ1v) is 12.1. The molecule has 0 bridgehead atoms. The van der Waals surface area contributed by atoms with Gasteiger partial charge in [0.15, 0.2) is 0 Å². The van der Waals surface area contributed by atoms with E-state index in [0.717, 1.165) is 23.7 Å². The highest BCUT2D eigenvalue weighted by Crippen LogP contribution is 2.27. The monoisotopic (exact) mass is 447 g/mol. The van der Waals surface area contributed by atoms with E-state index in [1.54, 1.807) is 0 Å². The molecule has 31 heavy (non-hydrogen) atoms. The summed E-state index contributed by atoms with van der Waals surface area (Å²) in [7, 11) is -3.90. The number of carbonyl (C=O) groups excluding carboxylic acids is 1. The summed E-state index contributed by atoms with van der Waals surface area (Å²) < 4.78 is 40.8. The summed E-state index contributed by atoms with van der Waals surface area (Å²) in [5.74, 6) is -0.544. The number of anilines is 1. The van der Waals surface area contributed by atoms with Crippen LogP contribution >= 0.6 is 0 Å². The Labute approximate surface area is 184 Å². The number of hydrogen-bond acceptors (Lipinski definition) is 4. The van der Waals surface area contributed by atoms with Crippen molar-refractivity contribution >= 4 is 21.6 Å². The topological polar surface area (TPSA) is 69.7 Å². The highest BCUT2D eigenvalue weighted by molar-refractivity contribution is 7.89. The van der Waals surface area contributed by atoms with Crippen LogP contribution in [-0.2, 0) is 14.8 Å². The third-order valence-corrected chi connectivity index (χ3v) is 7.95. The molecule has 0 unspecified atom stereocenters. The maximum absolute atomic E-state index is 14.0. The second-order valence-corrected chi connectivity index (χ2v) is 9.84. The van der Waals surface area contributed by atoms with Crippen molar-refractivity contribution in [2.24, 2.45) is 0 Å². The number of piperazine rings is 1. The van der Waals surface area contributed by atoms with Crippen LogP contribution in [0.2, 0.25) is 0 Å². The van der Waals surface area contributed by atoms with E-state index in [1.807, 2.05) is 36.1 Å². The van der Waals surface area contributed by atoms with E-state index in [4.69, 9.17) is 0 Å². The first-order valence-electron chi connectivity index (χ1n) is 10.6. The van der Waals surface area contributed by atoms with Gasteiger partial charge in [-0.15, -0.1) is 0 Å². The smallest absolute Gasteiger partial charge is 0.246 e. The second kappa shape index (κ2) is 9.89. The Morgan fingerprint density at radius 2 is 1.65 bits per heavy atom. The van der Waals surface area contributed by atoms with Crippen LogP contribution in [0.5, 0.6) is 0 Å². The molecule has 0 aromatic heterocycles. The van der Waals surface area contributed by atoms with Crippen LogP contribution in [-0.4, -0.2) is 55.8 Å². The quantitative estimate of drug-likeness (QED) is 0.703. The third-order valence-electron chi connectivity index (χ3n) is 6.02. The van der Waals surface area contributed by atoms with Crippen LogP contribution in [0.1, 0.15) is 38.7 Å². The lowest BCUT2D eigenvalue weighted by Crippen LogP contribution is -2.54. The molecule has 0 radical (unpaired) electrons. The van der Waals surface area contributed by atoms with Gasteiger partial charge in [-0.25, -0.2) is 12.8 Å². The van der Waals surface area contributed by atoms with Gasteiger partial charge in [0.1, 0.15) is 10.7 Å². The van der Waals surface area contributed by atoms with Crippen LogP contribution in [0.25, 0.3) is 0 Å². The molecule has 1 aliphatic rings. The summed E-state index contributed by atoms with van der Waals surface area (Å²) in [6.07, 6.45) is 0.973. The molecule has 1 heterocycles. The molecule has 1 fully saturated rings. The van der Waals surface area contributed by atoms with Crippen molar-refractivity contribution in [1.29, 1.82) is 0 Å². The fraction of sp³-hybridized carbons (Fsp3) is 0.435. The van der Waals surface area contributed by atoms with E-state index in [1.165, 1.54) is 22.5 Å². The summed E-state index contributed by atoms with van der Waals surface area (Å²) in [6, 6.07) is 12.8. The van der Waals surface area contributed by atoms with Crippen molar-refractivity contribution in [1.82, 2.24) is 9.21 Å². The predicted octanol–water partition coefficient (Wildman–Crippen LogP) is 3.67. The van der Waals surface area contributed by atoms with Gasteiger partial charge < -0.3 is 5.32 Å². The number of rotatable bonds is 7. The fourth-order valence-electron chi connectivity index (χ4n) is 3.79. The molecule has 2 aromatic carbocycles. The van der Waals surface area contributed by atoms with E-state index in [2.05, 4.69) is 19.2 Å². The van der Waals surface area contributed by atoms with Crippen LogP contribution in [0.3, 0.4) is 0 Å². The molecule has 8 heteroatoms. The molecule has 6 nitrogen and oxygen atoms in total. The van der Waals surface area contributed by atoms with Gasteiger partial charge in [0.05, 0.1) is 6.04 Å². The summed E-state index contributed by atoms with van der Waals surface area (Å²) in [5, 5.41) is 3.04. The molecule has 2 atom stereocenters. The highest BCUT2D eigenvalue weighted by Gasteiger charge is 2.33. The molecular formula is C23H30FN3O3S. The molecule has 1 amide bonds. The summed E-state index contributed by atoms with van der Waals surface area (Å²) in [6.45, 7) is 7.27. The number of amides is 1. The zero-order chi connectivity index (χ0) is 22.6. The van der Waals surface area contributed by atoms with Gasteiger partial charge in [-0.3, -0.25) is 9.69 Å². The number of sulfonamides is 1. The average Bonchev–Trinajstić information content (AvgIpc) is 2.78. The maximum atomic E-state index is 14.0. The summed E-state index contributed by atoms with van der Waals surface area (Å²) in [5.41, 5.74) is 1.92. The third kappa shape index (κ3) is 5.14. The fourth-order valence-corrected chi connectivity index (χ4v) is 5.27. The zero-order valence-electron chi connectivity index (χ0n) is 18.2.